The van der Waals surface area contributed by atoms with Gasteiger partial charge >= 0.3 is 0 Å². The zero-order valence-electron chi connectivity index (χ0n) is 11.2. The van der Waals surface area contributed by atoms with Crippen LogP contribution in [0.3, 0.4) is 0 Å². The molecule has 1 aliphatic heterocycles. The zero-order valence-corrected chi connectivity index (χ0v) is 11.2. The van der Waals surface area contributed by atoms with Crippen molar-refractivity contribution >= 4 is 11.6 Å². The van der Waals surface area contributed by atoms with Gasteiger partial charge in [0.1, 0.15) is 0 Å². The summed E-state index contributed by atoms with van der Waals surface area (Å²) in [5.41, 5.74) is 2.56. The van der Waals surface area contributed by atoms with Crippen LogP contribution in [-0.4, -0.2) is 35.4 Å². The molecule has 0 saturated carbocycles. The molecule has 2 heterocycles. The topological polar surface area (TPSA) is 45.2 Å². The van der Waals surface area contributed by atoms with Gasteiger partial charge in [-0.05, 0) is 32.3 Å². The standard InChI is InChI=1S/C14H21N3O/c1-3-6-15-13-9-11(2)16-10-12(13)14(18)17-7-4-5-8-17/h9-10H,3-8H2,1-2H3,(H,15,16). The normalized spacial score (nSPS) is 14.9. The molecular weight excluding hydrogens is 226 g/mol. The second-order valence-corrected chi connectivity index (χ2v) is 4.80. The van der Waals surface area contributed by atoms with Crippen LogP contribution in [0, 0.1) is 6.92 Å². The Morgan fingerprint density at radius 2 is 2.17 bits per heavy atom. The molecule has 0 spiro atoms. The molecule has 1 N–H and O–H groups in total. The van der Waals surface area contributed by atoms with E-state index in [1.54, 1.807) is 6.20 Å². The molecule has 0 aliphatic carbocycles. The summed E-state index contributed by atoms with van der Waals surface area (Å²) in [6.07, 6.45) is 4.97. The summed E-state index contributed by atoms with van der Waals surface area (Å²) in [6, 6.07) is 1.96. The van der Waals surface area contributed by atoms with Crippen LogP contribution in [0.25, 0.3) is 0 Å². The number of nitrogens with zero attached hydrogens (tertiary/aromatic N) is 2. The van der Waals surface area contributed by atoms with E-state index in [1.807, 2.05) is 17.9 Å². The molecule has 0 radical (unpaired) electrons. The van der Waals surface area contributed by atoms with Gasteiger partial charge in [0.15, 0.2) is 0 Å². The first kappa shape index (κ1) is 12.9. The second-order valence-electron chi connectivity index (χ2n) is 4.80. The van der Waals surface area contributed by atoms with Crippen LogP contribution in [-0.2, 0) is 0 Å². The molecule has 4 nitrogen and oxygen atoms in total. The van der Waals surface area contributed by atoms with Crippen molar-refractivity contribution in [2.45, 2.75) is 33.1 Å². The smallest absolute Gasteiger partial charge is 0.257 e. The molecule has 1 aliphatic rings. The largest absolute Gasteiger partial charge is 0.384 e. The Bertz CT molecular complexity index is 425. The number of rotatable bonds is 4. The average Bonchev–Trinajstić information content (AvgIpc) is 2.89. The van der Waals surface area contributed by atoms with E-state index in [0.717, 1.165) is 50.3 Å². The first-order valence-electron chi connectivity index (χ1n) is 6.72. The van der Waals surface area contributed by atoms with Crippen LogP contribution >= 0.6 is 0 Å². The summed E-state index contributed by atoms with van der Waals surface area (Å²) in [4.78, 5) is 18.6. The number of aromatic nitrogens is 1. The summed E-state index contributed by atoms with van der Waals surface area (Å²) in [6.45, 7) is 6.69. The Kier molecular flexibility index (Phi) is 4.18. The fourth-order valence-corrected chi connectivity index (χ4v) is 2.23. The third kappa shape index (κ3) is 2.81. The minimum absolute atomic E-state index is 0.110. The van der Waals surface area contributed by atoms with Gasteiger partial charge in [0.25, 0.3) is 5.91 Å². The molecule has 1 amide bonds. The summed E-state index contributed by atoms with van der Waals surface area (Å²) in [5, 5.41) is 3.32. The molecular formula is C14H21N3O. The first-order chi connectivity index (χ1) is 8.72. The Morgan fingerprint density at radius 3 is 2.83 bits per heavy atom. The van der Waals surface area contributed by atoms with Crippen molar-refractivity contribution in [3.63, 3.8) is 0 Å². The number of pyridine rings is 1. The lowest BCUT2D eigenvalue weighted by atomic mass is 10.2. The zero-order chi connectivity index (χ0) is 13.0. The molecule has 0 aromatic carbocycles. The minimum Gasteiger partial charge on any atom is -0.384 e. The van der Waals surface area contributed by atoms with E-state index in [2.05, 4.69) is 17.2 Å². The first-order valence-corrected chi connectivity index (χ1v) is 6.72. The Balaban J connectivity index is 2.21. The molecule has 0 unspecified atom stereocenters. The Labute approximate surface area is 108 Å². The molecule has 2 rings (SSSR count). The lowest BCUT2D eigenvalue weighted by Crippen LogP contribution is -2.28. The fraction of sp³-hybridized carbons (Fsp3) is 0.571. The third-order valence-corrected chi connectivity index (χ3v) is 3.23. The highest BCUT2D eigenvalue weighted by molar-refractivity contribution is 5.99. The number of aryl methyl sites for hydroxylation is 1. The van der Waals surface area contributed by atoms with Gasteiger partial charge in [-0.15, -0.1) is 0 Å². The molecule has 1 saturated heterocycles. The highest BCUT2D eigenvalue weighted by Crippen LogP contribution is 2.20. The predicted molar refractivity (Wildman–Crippen MR) is 72.9 cm³/mol. The highest BCUT2D eigenvalue weighted by Gasteiger charge is 2.22. The Hall–Kier alpha value is -1.58. The maximum absolute atomic E-state index is 12.4. The number of nitrogens with one attached hydrogen (secondary N) is 1. The van der Waals surface area contributed by atoms with Gasteiger partial charge in [0.2, 0.25) is 0 Å². The molecule has 1 aromatic heterocycles. The number of anilines is 1. The SMILES string of the molecule is CCCNc1cc(C)ncc1C(=O)N1CCCC1. The van der Waals surface area contributed by atoms with Crippen LogP contribution in [0.2, 0.25) is 0 Å². The van der Waals surface area contributed by atoms with E-state index >= 15 is 0 Å². The van der Waals surface area contributed by atoms with Crippen LogP contribution in [0.4, 0.5) is 5.69 Å². The maximum atomic E-state index is 12.4. The number of hydrogen-bond donors (Lipinski definition) is 1. The van der Waals surface area contributed by atoms with Gasteiger partial charge in [-0.3, -0.25) is 9.78 Å². The molecule has 1 fully saturated rings. The van der Waals surface area contributed by atoms with Gasteiger partial charge < -0.3 is 10.2 Å². The number of carbonyl (C=O) groups is 1. The minimum atomic E-state index is 0.110. The van der Waals surface area contributed by atoms with Crippen molar-refractivity contribution in [3.05, 3.63) is 23.5 Å². The predicted octanol–water partition coefficient (Wildman–Crippen LogP) is 2.45. The maximum Gasteiger partial charge on any atom is 0.257 e. The van der Waals surface area contributed by atoms with E-state index in [1.165, 1.54) is 0 Å². The van der Waals surface area contributed by atoms with Gasteiger partial charge in [-0.25, -0.2) is 0 Å². The van der Waals surface area contributed by atoms with Crippen LogP contribution in [0.1, 0.15) is 42.2 Å². The monoisotopic (exact) mass is 247 g/mol. The average molecular weight is 247 g/mol. The molecule has 4 heteroatoms. The van der Waals surface area contributed by atoms with Crippen molar-refractivity contribution in [3.8, 4) is 0 Å². The second kappa shape index (κ2) is 5.85. The third-order valence-electron chi connectivity index (χ3n) is 3.23. The number of likely N-dealkylation sites (tertiary alicyclic amines) is 1. The lowest BCUT2D eigenvalue weighted by molar-refractivity contribution is 0.0793. The van der Waals surface area contributed by atoms with Crippen LogP contribution < -0.4 is 5.32 Å². The Morgan fingerprint density at radius 1 is 1.44 bits per heavy atom. The van der Waals surface area contributed by atoms with Crippen molar-refractivity contribution in [2.75, 3.05) is 25.0 Å². The fourth-order valence-electron chi connectivity index (χ4n) is 2.23. The lowest BCUT2D eigenvalue weighted by Gasteiger charge is -2.18. The molecule has 18 heavy (non-hydrogen) atoms. The molecule has 1 aromatic rings. The van der Waals surface area contributed by atoms with Gasteiger partial charge in [0.05, 0.1) is 11.3 Å². The van der Waals surface area contributed by atoms with Crippen molar-refractivity contribution in [1.82, 2.24) is 9.88 Å². The van der Waals surface area contributed by atoms with Crippen molar-refractivity contribution < 1.29 is 4.79 Å². The van der Waals surface area contributed by atoms with Crippen LogP contribution in [0.5, 0.6) is 0 Å². The van der Waals surface area contributed by atoms with Crippen LogP contribution in [0.15, 0.2) is 12.3 Å². The quantitative estimate of drug-likeness (QED) is 0.889. The number of amides is 1. The van der Waals surface area contributed by atoms with E-state index in [0.29, 0.717) is 5.56 Å². The highest BCUT2D eigenvalue weighted by atomic mass is 16.2. The molecule has 0 atom stereocenters. The van der Waals surface area contributed by atoms with E-state index in [4.69, 9.17) is 0 Å². The summed E-state index contributed by atoms with van der Waals surface area (Å²) >= 11 is 0. The molecule has 0 bridgehead atoms. The number of carbonyl (C=O) groups excluding carboxylic acids is 1. The van der Waals surface area contributed by atoms with E-state index in [9.17, 15) is 4.79 Å². The van der Waals surface area contributed by atoms with Gasteiger partial charge in [-0.2, -0.15) is 0 Å². The van der Waals surface area contributed by atoms with Gasteiger partial charge in [0, 0.05) is 31.5 Å². The van der Waals surface area contributed by atoms with Crippen molar-refractivity contribution in [2.24, 2.45) is 0 Å². The summed E-state index contributed by atoms with van der Waals surface area (Å²) in [5.74, 6) is 0.110. The van der Waals surface area contributed by atoms with Gasteiger partial charge in [-0.1, -0.05) is 6.92 Å². The van der Waals surface area contributed by atoms with Crippen molar-refractivity contribution in [1.29, 1.82) is 0 Å². The summed E-state index contributed by atoms with van der Waals surface area (Å²) < 4.78 is 0. The summed E-state index contributed by atoms with van der Waals surface area (Å²) in [7, 11) is 0. The van der Waals surface area contributed by atoms with E-state index < -0.39 is 0 Å². The number of hydrogen-bond acceptors (Lipinski definition) is 3. The van der Waals surface area contributed by atoms with E-state index in [-0.39, 0.29) is 5.91 Å². The molecule has 98 valence electrons.